The third-order valence-corrected chi connectivity index (χ3v) is 3.79. The first-order chi connectivity index (χ1) is 9.40. The number of halogens is 4. The minimum atomic E-state index is -2.49. The van der Waals surface area contributed by atoms with E-state index in [1.807, 2.05) is 0 Å². The summed E-state index contributed by atoms with van der Waals surface area (Å²) >= 11 is 3.28. The molecule has 0 unspecified atom stereocenters. The van der Waals surface area contributed by atoms with Crippen LogP contribution < -0.4 is 0 Å². The molecule has 2 rings (SSSR count). The van der Waals surface area contributed by atoms with Crippen LogP contribution in [-0.2, 0) is 0 Å². The van der Waals surface area contributed by atoms with E-state index in [-0.39, 0.29) is 5.82 Å². The van der Waals surface area contributed by atoms with Crippen LogP contribution in [-0.4, -0.2) is 17.9 Å². The largest absolute Gasteiger partial charge is 0.335 e. The first kappa shape index (κ1) is 14.9. The van der Waals surface area contributed by atoms with Crippen molar-refractivity contribution in [1.29, 1.82) is 0 Å². The normalized spacial score (nSPS) is 15.5. The smallest absolute Gasteiger partial charge is 0.256 e. The number of allylic oxidation sites excluding steroid dienone is 3. The molecule has 0 N–H and O–H groups in total. The Bertz CT molecular complexity index is 605. The number of nitrogens with zero attached hydrogens (tertiary/aromatic N) is 1. The van der Waals surface area contributed by atoms with Gasteiger partial charge >= 0.3 is 0 Å². The summed E-state index contributed by atoms with van der Waals surface area (Å²) in [6.07, 6.45) is 0.985. The maximum Gasteiger partial charge on any atom is 0.256 e. The second-order valence-corrected chi connectivity index (χ2v) is 5.33. The molecule has 0 saturated carbocycles. The second-order valence-electron chi connectivity index (χ2n) is 4.47. The summed E-state index contributed by atoms with van der Waals surface area (Å²) < 4.78 is 39.4. The summed E-state index contributed by atoms with van der Waals surface area (Å²) in [4.78, 5) is 1.44. The van der Waals surface area contributed by atoms with Crippen molar-refractivity contribution in [3.63, 3.8) is 0 Å². The van der Waals surface area contributed by atoms with E-state index in [4.69, 9.17) is 0 Å². The molecule has 1 aliphatic rings. The van der Waals surface area contributed by atoms with Crippen molar-refractivity contribution in [3.05, 3.63) is 64.1 Å². The molecule has 0 amide bonds. The molecule has 5 heteroatoms. The van der Waals surface area contributed by atoms with Crippen LogP contribution >= 0.6 is 15.9 Å². The summed E-state index contributed by atoms with van der Waals surface area (Å²) in [6, 6.07) is 4.29. The summed E-state index contributed by atoms with van der Waals surface area (Å²) in [5.74, 6) is -0.349. The van der Waals surface area contributed by atoms with Gasteiger partial charge in [-0.3, -0.25) is 0 Å². The monoisotopic (exact) mass is 343 g/mol. The Morgan fingerprint density at radius 2 is 2.00 bits per heavy atom. The minimum Gasteiger partial charge on any atom is -0.335 e. The van der Waals surface area contributed by atoms with Crippen LogP contribution in [0.25, 0.3) is 5.70 Å². The highest BCUT2D eigenvalue weighted by Gasteiger charge is 2.23. The van der Waals surface area contributed by atoms with Gasteiger partial charge in [0.25, 0.3) is 6.43 Å². The highest BCUT2D eigenvalue weighted by atomic mass is 79.9. The summed E-state index contributed by atoms with van der Waals surface area (Å²) in [5, 5.41) is 0. The van der Waals surface area contributed by atoms with E-state index >= 15 is 0 Å². The highest BCUT2D eigenvalue weighted by molar-refractivity contribution is 9.12. The Labute approximate surface area is 124 Å². The van der Waals surface area contributed by atoms with E-state index in [1.54, 1.807) is 25.1 Å². The quantitative estimate of drug-likeness (QED) is 0.758. The molecule has 0 aromatic heterocycles. The number of aryl methyl sites for hydroxylation is 1. The molecule has 0 atom stereocenters. The average Bonchev–Trinajstić information content (AvgIpc) is 2.36. The predicted molar refractivity (Wildman–Crippen MR) is 78.0 cm³/mol. The number of benzene rings is 1. The zero-order chi connectivity index (χ0) is 14.9. The van der Waals surface area contributed by atoms with Crippen molar-refractivity contribution >= 4 is 21.6 Å². The molecule has 0 aliphatic carbocycles. The van der Waals surface area contributed by atoms with Crippen LogP contribution in [0.5, 0.6) is 0 Å². The first-order valence-corrected chi connectivity index (χ1v) is 6.78. The van der Waals surface area contributed by atoms with E-state index in [9.17, 15) is 13.2 Å². The van der Waals surface area contributed by atoms with Crippen LogP contribution in [0.1, 0.15) is 11.1 Å². The fourth-order valence-electron chi connectivity index (χ4n) is 2.11. The van der Waals surface area contributed by atoms with Crippen LogP contribution in [0.3, 0.4) is 0 Å². The molecule has 1 aromatic carbocycles. The van der Waals surface area contributed by atoms with E-state index in [0.29, 0.717) is 27.0 Å². The Hall–Kier alpha value is -1.49. The molecule has 0 radical (unpaired) electrons. The number of rotatable bonds is 3. The molecular formula is C15H13BrF3N. The molecule has 0 spiro atoms. The van der Waals surface area contributed by atoms with Gasteiger partial charge in [-0.2, -0.15) is 0 Å². The van der Waals surface area contributed by atoms with E-state index < -0.39 is 13.0 Å². The molecule has 1 aliphatic heterocycles. The van der Waals surface area contributed by atoms with Gasteiger partial charge in [-0.05, 0) is 58.8 Å². The number of alkyl halides is 2. The second kappa shape index (κ2) is 5.87. The van der Waals surface area contributed by atoms with E-state index in [1.165, 1.54) is 17.0 Å². The van der Waals surface area contributed by atoms with Crippen molar-refractivity contribution in [2.24, 2.45) is 0 Å². The van der Waals surface area contributed by atoms with E-state index in [2.05, 4.69) is 22.5 Å². The van der Waals surface area contributed by atoms with Crippen molar-refractivity contribution in [2.45, 2.75) is 13.3 Å². The van der Waals surface area contributed by atoms with Gasteiger partial charge < -0.3 is 4.90 Å². The van der Waals surface area contributed by atoms with Gasteiger partial charge in [0.05, 0.1) is 6.54 Å². The number of hydrogen-bond acceptors (Lipinski definition) is 1. The number of hydrogen-bond donors (Lipinski definition) is 0. The van der Waals surface area contributed by atoms with Gasteiger partial charge in [0.1, 0.15) is 5.82 Å². The minimum absolute atomic E-state index is 0.349. The third-order valence-electron chi connectivity index (χ3n) is 3.06. The Balaban J connectivity index is 2.48. The molecule has 20 heavy (non-hydrogen) atoms. The van der Waals surface area contributed by atoms with Crippen LogP contribution in [0.15, 0.2) is 47.1 Å². The molecule has 0 bridgehead atoms. The first-order valence-electron chi connectivity index (χ1n) is 5.99. The lowest BCUT2D eigenvalue weighted by Crippen LogP contribution is -2.28. The van der Waals surface area contributed by atoms with Gasteiger partial charge in [0.15, 0.2) is 0 Å². The maximum atomic E-state index is 13.2. The lowest BCUT2D eigenvalue weighted by molar-refractivity contribution is 0.123. The zero-order valence-corrected chi connectivity index (χ0v) is 12.4. The van der Waals surface area contributed by atoms with Gasteiger partial charge in [0, 0.05) is 21.4 Å². The standard InChI is InChI=1S/C15H13BrF3N/c1-9-7-11(17)3-4-12(9)14-6-5-13(16)10(2)20(14)8-15(18)19/h3-7,15H,2,8H2,1H3. The lowest BCUT2D eigenvalue weighted by Gasteiger charge is -2.32. The molecule has 106 valence electrons. The lowest BCUT2D eigenvalue weighted by atomic mass is 10.0. The van der Waals surface area contributed by atoms with Gasteiger partial charge in [-0.15, -0.1) is 0 Å². The van der Waals surface area contributed by atoms with Crippen molar-refractivity contribution in [2.75, 3.05) is 6.54 Å². The van der Waals surface area contributed by atoms with Crippen LogP contribution in [0.2, 0.25) is 0 Å². The Morgan fingerprint density at radius 1 is 1.30 bits per heavy atom. The van der Waals surface area contributed by atoms with E-state index in [0.717, 1.165) is 0 Å². The average molecular weight is 344 g/mol. The van der Waals surface area contributed by atoms with Crippen molar-refractivity contribution in [1.82, 2.24) is 4.90 Å². The molecule has 1 aromatic rings. The topological polar surface area (TPSA) is 3.24 Å². The van der Waals surface area contributed by atoms with Gasteiger partial charge in [0.2, 0.25) is 0 Å². The molecule has 1 heterocycles. The SMILES string of the molecule is C=C1C(Br)=CC=C(c2ccc(F)cc2C)N1CC(F)F. The maximum absolute atomic E-state index is 13.2. The summed E-state index contributed by atoms with van der Waals surface area (Å²) in [6.45, 7) is 5.11. The molecule has 0 fully saturated rings. The van der Waals surface area contributed by atoms with Crippen molar-refractivity contribution < 1.29 is 13.2 Å². The molecular weight excluding hydrogens is 331 g/mol. The highest BCUT2D eigenvalue weighted by Crippen LogP contribution is 2.35. The fraction of sp³-hybridized carbons (Fsp3) is 0.200. The Morgan fingerprint density at radius 3 is 2.60 bits per heavy atom. The van der Waals surface area contributed by atoms with Gasteiger partial charge in [-0.25, -0.2) is 13.2 Å². The Kier molecular flexibility index (Phi) is 4.38. The zero-order valence-electron chi connectivity index (χ0n) is 10.8. The molecule has 0 saturated heterocycles. The fourth-order valence-corrected chi connectivity index (χ4v) is 2.46. The van der Waals surface area contributed by atoms with Crippen molar-refractivity contribution in [3.8, 4) is 0 Å². The predicted octanol–water partition coefficient (Wildman–Crippen LogP) is 4.85. The third kappa shape index (κ3) is 2.98. The molecule has 1 nitrogen and oxygen atoms in total. The van der Waals surface area contributed by atoms with Gasteiger partial charge in [-0.1, -0.05) is 6.58 Å². The van der Waals surface area contributed by atoms with Crippen LogP contribution in [0, 0.1) is 12.7 Å². The summed E-state index contributed by atoms with van der Waals surface area (Å²) in [7, 11) is 0. The van der Waals surface area contributed by atoms with Crippen LogP contribution in [0.4, 0.5) is 13.2 Å². The summed E-state index contributed by atoms with van der Waals surface area (Å²) in [5.41, 5.74) is 2.46.